The van der Waals surface area contributed by atoms with Gasteiger partial charge in [-0.25, -0.2) is 0 Å². The summed E-state index contributed by atoms with van der Waals surface area (Å²) in [5.74, 6) is 2.52. The fourth-order valence-electron chi connectivity index (χ4n) is 11.8. The van der Waals surface area contributed by atoms with Crippen LogP contribution in [0, 0.1) is 56.7 Å². The van der Waals surface area contributed by atoms with Gasteiger partial charge in [-0.1, -0.05) is 45.9 Å². The minimum Gasteiger partial charge on any atom is -0.462 e. The molecule has 0 aliphatic heterocycles. The van der Waals surface area contributed by atoms with Crippen LogP contribution in [0.25, 0.3) is 0 Å². The summed E-state index contributed by atoms with van der Waals surface area (Å²) in [4.78, 5) is 24.6. The molecule has 3 nitrogen and oxygen atoms in total. The van der Waals surface area contributed by atoms with Crippen molar-refractivity contribution in [3.05, 3.63) is 24.8 Å². The first-order valence-corrected chi connectivity index (χ1v) is 14.8. The quantitative estimate of drug-likeness (QED) is 0.226. The van der Waals surface area contributed by atoms with Crippen molar-refractivity contribution in [2.75, 3.05) is 0 Å². The van der Waals surface area contributed by atoms with Gasteiger partial charge in [0.05, 0.1) is 0 Å². The molecular weight excluding hydrogens is 444 g/mol. The maximum atomic E-state index is 12.6. The van der Waals surface area contributed by atoms with Gasteiger partial charge in [0.1, 0.15) is 12.4 Å². The Morgan fingerprint density at radius 3 is 2.19 bits per heavy atom. The highest BCUT2D eigenvalue weighted by Gasteiger charge is 2.71. The lowest BCUT2D eigenvalue weighted by Crippen LogP contribution is -2.67. The van der Waals surface area contributed by atoms with Gasteiger partial charge in [0.15, 0.2) is 0 Å². The van der Waals surface area contributed by atoms with Crippen molar-refractivity contribution in [2.45, 2.75) is 112 Å². The lowest BCUT2D eigenvalue weighted by molar-refractivity contribution is -0.243. The number of hydrogen-bond donors (Lipinski definition) is 0. The largest absolute Gasteiger partial charge is 0.462 e. The molecule has 5 fully saturated rings. The Kier molecular flexibility index (Phi) is 6.05. The van der Waals surface area contributed by atoms with Gasteiger partial charge in [-0.3, -0.25) is 4.79 Å². The summed E-state index contributed by atoms with van der Waals surface area (Å²) < 4.78 is 5.91. The zero-order valence-electron chi connectivity index (χ0n) is 23.8. The fourth-order valence-corrected chi connectivity index (χ4v) is 11.8. The molecule has 5 saturated carbocycles. The van der Waals surface area contributed by atoms with E-state index in [0.29, 0.717) is 29.6 Å². The third kappa shape index (κ3) is 3.16. The zero-order chi connectivity index (χ0) is 26.3. The van der Waals surface area contributed by atoms with Gasteiger partial charge in [0.25, 0.3) is 0 Å². The minimum atomic E-state index is -0.187. The van der Waals surface area contributed by atoms with Crippen LogP contribution in [0.5, 0.6) is 0 Å². The van der Waals surface area contributed by atoms with Crippen molar-refractivity contribution in [3.8, 4) is 0 Å². The molecule has 11 atom stereocenters. The van der Waals surface area contributed by atoms with E-state index in [1.165, 1.54) is 44.0 Å². The van der Waals surface area contributed by atoms with Gasteiger partial charge in [-0.05, 0) is 117 Å². The second-order valence-electron chi connectivity index (χ2n) is 14.7. The normalized spacial score (nSPS) is 53.7. The lowest BCUT2D eigenvalue weighted by atomic mass is 9.32. The van der Waals surface area contributed by atoms with Crippen LogP contribution in [0.4, 0.5) is 0 Å². The second kappa shape index (κ2) is 8.31. The molecule has 0 bridgehead atoms. The second-order valence-corrected chi connectivity index (χ2v) is 14.7. The van der Waals surface area contributed by atoms with Crippen molar-refractivity contribution in [3.63, 3.8) is 0 Å². The van der Waals surface area contributed by atoms with E-state index in [-0.39, 0.29) is 39.1 Å². The van der Waals surface area contributed by atoms with E-state index in [1.807, 2.05) is 0 Å². The van der Waals surface area contributed by atoms with Gasteiger partial charge in [0.2, 0.25) is 0 Å². The molecule has 0 aromatic rings. The average Bonchev–Trinajstić information content (AvgIpc) is 3.22. The summed E-state index contributed by atoms with van der Waals surface area (Å²) >= 11 is 0. The monoisotopic (exact) mass is 494 g/mol. The molecule has 3 heteroatoms. The molecule has 0 saturated heterocycles. The van der Waals surface area contributed by atoms with Crippen molar-refractivity contribution in [2.24, 2.45) is 56.7 Å². The highest BCUT2D eigenvalue weighted by atomic mass is 16.5. The number of carbonyl (C=O) groups is 2. The topological polar surface area (TPSA) is 43.4 Å². The number of ether oxygens (including phenoxy) is 1. The van der Waals surface area contributed by atoms with Crippen molar-refractivity contribution in [1.29, 1.82) is 0 Å². The van der Waals surface area contributed by atoms with E-state index in [4.69, 9.17) is 4.74 Å². The average molecular weight is 495 g/mol. The Balaban J connectivity index is 1.53. The van der Waals surface area contributed by atoms with Crippen molar-refractivity contribution < 1.29 is 14.3 Å². The molecule has 0 aromatic carbocycles. The first-order chi connectivity index (χ1) is 16.8. The molecule has 0 spiro atoms. The Morgan fingerprint density at radius 2 is 1.58 bits per heavy atom. The molecule has 5 rings (SSSR count). The van der Waals surface area contributed by atoms with Crippen molar-refractivity contribution >= 4 is 12.3 Å². The number of fused-ring (bicyclic) bond motifs is 7. The molecule has 0 heterocycles. The summed E-state index contributed by atoms with van der Waals surface area (Å²) in [7, 11) is 0. The predicted molar refractivity (Wildman–Crippen MR) is 145 cm³/mol. The van der Waals surface area contributed by atoms with Crippen LogP contribution >= 0.6 is 0 Å². The third-order valence-electron chi connectivity index (χ3n) is 13.8. The Labute approximate surface area is 219 Å². The Hall–Kier alpha value is -1.38. The first kappa shape index (κ1) is 26.2. The van der Waals surface area contributed by atoms with Gasteiger partial charge in [-0.2, -0.15) is 0 Å². The third-order valence-corrected chi connectivity index (χ3v) is 13.8. The number of carbonyl (C=O) groups excluding carboxylic acids is 2. The molecule has 0 radical (unpaired) electrons. The molecule has 200 valence electrons. The number of esters is 1. The van der Waals surface area contributed by atoms with E-state index in [1.54, 1.807) is 6.92 Å². The Bertz CT molecular complexity index is 968. The molecule has 5 aliphatic carbocycles. The number of rotatable bonds is 4. The summed E-state index contributed by atoms with van der Waals surface area (Å²) in [5.41, 5.74) is 1.70. The predicted octanol–water partition coefficient (Wildman–Crippen LogP) is 7.94. The van der Waals surface area contributed by atoms with Gasteiger partial charge in [-0.15, -0.1) is 6.58 Å². The Morgan fingerprint density at radius 1 is 0.861 bits per heavy atom. The molecule has 5 aliphatic rings. The zero-order valence-corrected chi connectivity index (χ0v) is 23.8. The highest BCUT2D eigenvalue weighted by molar-refractivity contribution is 5.66. The summed E-state index contributed by atoms with van der Waals surface area (Å²) in [6, 6.07) is 0. The maximum Gasteiger partial charge on any atom is 0.302 e. The smallest absolute Gasteiger partial charge is 0.302 e. The van der Waals surface area contributed by atoms with Crippen LogP contribution in [0.2, 0.25) is 0 Å². The highest BCUT2D eigenvalue weighted by Crippen LogP contribution is 2.77. The first-order valence-electron chi connectivity index (χ1n) is 14.8. The van der Waals surface area contributed by atoms with Crippen LogP contribution in [-0.4, -0.2) is 18.4 Å². The molecule has 0 amide bonds. The fraction of sp³-hybridized carbons (Fsp3) is 0.818. The standard InChI is InChI=1S/C33H50O3/c1-9-29(5)25-13-16-32(8)26(30(25,6)15-14-27(29)36-22(4)35)11-10-24-28-23(21(2)3)12-17-33(28,20-34)19-18-31(24,32)7/h9,20,23-28H,1-2,10-19H2,3-8H3/t23-,24+,25-,26+,27-,28+,29-,30-,31+,32+,33+/m0/s1. The van der Waals surface area contributed by atoms with Crippen LogP contribution in [0.3, 0.4) is 0 Å². The molecule has 36 heavy (non-hydrogen) atoms. The van der Waals surface area contributed by atoms with E-state index >= 15 is 0 Å². The lowest BCUT2D eigenvalue weighted by Gasteiger charge is -2.72. The maximum absolute atomic E-state index is 12.6. The molecule has 0 unspecified atom stereocenters. The van der Waals surface area contributed by atoms with Gasteiger partial charge >= 0.3 is 5.97 Å². The minimum absolute atomic E-state index is 0.0699. The number of allylic oxidation sites excluding steroid dienone is 1. The van der Waals surface area contributed by atoms with E-state index in [0.717, 1.165) is 32.1 Å². The molecule has 0 aromatic heterocycles. The van der Waals surface area contributed by atoms with Gasteiger partial charge < -0.3 is 9.53 Å². The van der Waals surface area contributed by atoms with E-state index in [9.17, 15) is 9.59 Å². The van der Waals surface area contributed by atoms with Gasteiger partial charge in [0, 0.05) is 17.8 Å². The molecule has 0 N–H and O–H groups in total. The number of hydrogen-bond acceptors (Lipinski definition) is 3. The van der Waals surface area contributed by atoms with Crippen LogP contribution in [-0.2, 0) is 14.3 Å². The van der Waals surface area contributed by atoms with Crippen LogP contribution in [0.15, 0.2) is 24.8 Å². The number of aldehydes is 1. The van der Waals surface area contributed by atoms with Crippen LogP contribution < -0.4 is 0 Å². The molecular formula is C33H50O3. The SMILES string of the molecule is C=C[C@]1(C)[C@@H](OC(C)=O)CC[C@]2(C)[C@H]3CC[C@@H]4[C@H]5[C@H](C(=C)C)CC[C@]5(C=O)CC[C@@]4(C)[C@]3(C)CC[C@@H]12. The summed E-state index contributed by atoms with van der Waals surface area (Å²) in [6.07, 6.45) is 14.8. The van der Waals surface area contributed by atoms with Crippen molar-refractivity contribution in [1.82, 2.24) is 0 Å². The van der Waals surface area contributed by atoms with E-state index in [2.05, 4.69) is 53.9 Å². The van der Waals surface area contributed by atoms with Crippen LogP contribution in [0.1, 0.15) is 106 Å². The van der Waals surface area contributed by atoms with E-state index < -0.39 is 0 Å². The summed E-state index contributed by atoms with van der Waals surface area (Å²) in [5, 5.41) is 0. The summed E-state index contributed by atoms with van der Waals surface area (Å²) in [6.45, 7) is 22.6.